The summed E-state index contributed by atoms with van der Waals surface area (Å²) in [5.41, 5.74) is 1.11. The van der Waals surface area contributed by atoms with E-state index in [0.717, 1.165) is 18.5 Å². The number of aromatic carboxylic acids is 1. The molecule has 0 saturated carbocycles. The van der Waals surface area contributed by atoms with Crippen LogP contribution in [0.1, 0.15) is 68.9 Å². The van der Waals surface area contributed by atoms with E-state index in [4.69, 9.17) is 5.11 Å². The van der Waals surface area contributed by atoms with Crippen LogP contribution in [0.4, 0.5) is 5.82 Å². The summed E-state index contributed by atoms with van der Waals surface area (Å²) in [5.74, 6) is -0.231. The van der Waals surface area contributed by atoms with Gasteiger partial charge in [0, 0.05) is 11.7 Å². The second kappa shape index (κ2) is 8.56. The Balaban J connectivity index is 2.61. The number of aryl methyl sites for hydroxylation is 1. The molecular formula is C16H26N2O2. The molecule has 0 aliphatic carbocycles. The summed E-state index contributed by atoms with van der Waals surface area (Å²) in [7, 11) is 0. The lowest BCUT2D eigenvalue weighted by Crippen LogP contribution is -2.17. The first kappa shape index (κ1) is 16.5. The highest BCUT2D eigenvalue weighted by molar-refractivity contribution is 5.88. The third kappa shape index (κ3) is 5.59. The molecule has 0 saturated heterocycles. The Morgan fingerprint density at radius 1 is 1.30 bits per heavy atom. The molecule has 1 aromatic rings. The summed E-state index contributed by atoms with van der Waals surface area (Å²) in [4.78, 5) is 15.5. The van der Waals surface area contributed by atoms with Crippen LogP contribution in [0.15, 0.2) is 12.1 Å². The van der Waals surface area contributed by atoms with E-state index in [1.807, 2.05) is 6.92 Å². The molecule has 1 unspecified atom stereocenters. The third-order valence-corrected chi connectivity index (χ3v) is 3.37. The second-order valence-corrected chi connectivity index (χ2v) is 5.29. The number of nitrogens with one attached hydrogen (secondary N) is 1. The van der Waals surface area contributed by atoms with Crippen LogP contribution in [0, 0.1) is 0 Å². The van der Waals surface area contributed by atoms with Crippen LogP contribution in [0.25, 0.3) is 0 Å². The minimum atomic E-state index is -0.902. The average molecular weight is 278 g/mol. The highest BCUT2D eigenvalue weighted by Crippen LogP contribution is 2.14. The first-order chi connectivity index (χ1) is 9.56. The number of carboxylic acids is 1. The van der Waals surface area contributed by atoms with Gasteiger partial charge < -0.3 is 10.4 Å². The normalized spacial score (nSPS) is 12.2. The maximum absolute atomic E-state index is 11.1. The largest absolute Gasteiger partial charge is 0.478 e. The zero-order valence-electron chi connectivity index (χ0n) is 12.8. The van der Waals surface area contributed by atoms with Crippen LogP contribution >= 0.6 is 0 Å². The predicted molar refractivity (Wildman–Crippen MR) is 82.4 cm³/mol. The average Bonchev–Trinajstić information content (AvgIpc) is 2.43. The fraction of sp³-hybridized carbons (Fsp3) is 0.625. The van der Waals surface area contributed by atoms with Crippen LogP contribution in [-0.4, -0.2) is 22.1 Å². The van der Waals surface area contributed by atoms with E-state index < -0.39 is 5.97 Å². The molecule has 4 nitrogen and oxygen atoms in total. The van der Waals surface area contributed by atoms with Crippen molar-refractivity contribution in [2.24, 2.45) is 0 Å². The van der Waals surface area contributed by atoms with E-state index in [-0.39, 0.29) is 0 Å². The minimum Gasteiger partial charge on any atom is -0.478 e. The smallest absolute Gasteiger partial charge is 0.335 e. The van der Waals surface area contributed by atoms with Crippen molar-refractivity contribution in [3.05, 3.63) is 23.4 Å². The van der Waals surface area contributed by atoms with Crippen LogP contribution in [0.3, 0.4) is 0 Å². The minimum absolute atomic E-state index is 0.303. The van der Waals surface area contributed by atoms with Gasteiger partial charge in [-0.2, -0.15) is 0 Å². The Morgan fingerprint density at radius 2 is 2.05 bits per heavy atom. The van der Waals surface area contributed by atoms with Crippen molar-refractivity contribution in [3.8, 4) is 0 Å². The maximum atomic E-state index is 11.1. The molecule has 1 atom stereocenters. The number of carboxylic acid groups (broad SMARTS) is 1. The maximum Gasteiger partial charge on any atom is 0.335 e. The molecule has 0 aliphatic rings. The van der Waals surface area contributed by atoms with Crippen molar-refractivity contribution in [3.63, 3.8) is 0 Å². The summed E-state index contributed by atoms with van der Waals surface area (Å²) in [6.45, 7) is 6.30. The van der Waals surface area contributed by atoms with Crippen LogP contribution in [0.2, 0.25) is 0 Å². The van der Waals surface area contributed by atoms with E-state index in [0.29, 0.717) is 17.4 Å². The van der Waals surface area contributed by atoms with E-state index in [2.05, 4.69) is 24.1 Å². The number of nitrogens with zero attached hydrogens (tertiary/aromatic N) is 1. The number of hydrogen-bond acceptors (Lipinski definition) is 3. The van der Waals surface area contributed by atoms with Gasteiger partial charge in [0.05, 0.1) is 5.56 Å². The van der Waals surface area contributed by atoms with Gasteiger partial charge in [0.15, 0.2) is 0 Å². The molecule has 2 N–H and O–H groups in total. The molecule has 20 heavy (non-hydrogen) atoms. The summed E-state index contributed by atoms with van der Waals surface area (Å²) in [6, 6.07) is 3.57. The lowest BCUT2D eigenvalue weighted by molar-refractivity contribution is 0.0696. The van der Waals surface area contributed by atoms with Crippen LogP contribution < -0.4 is 5.32 Å². The molecular weight excluding hydrogens is 252 g/mol. The summed E-state index contributed by atoms with van der Waals surface area (Å²) in [6.07, 6.45) is 6.79. The quantitative estimate of drug-likeness (QED) is 0.667. The van der Waals surface area contributed by atoms with Crippen LogP contribution in [-0.2, 0) is 6.42 Å². The van der Waals surface area contributed by atoms with Crippen molar-refractivity contribution in [2.45, 2.75) is 65.3 Å². The first-order valence-corrected chi connectivity index (χ1v) is 7.57. The SMILES string of the molecule is CCCCCCC(C)Nc1cc(C(=O)O)cc(CC)n1. The molecule has 1 heterocycles. The molecule has 0 bridgehead atoms. The molecule has 1 aromatic heterocycles. The zero-order valence-corrected chi connectivity index (χ0v) is 12.8. The van der Waals surface area contributed by atoms with Gasteiger partial charge in [-0.3, -0.25) is 0 Å². The Morgan fingerprint density at radius 3 is 2.65 bits per heavy atom. The van der Waals surface area contributed by atoms with E-state index in [1.54, 1.807) is 12.1 Å². The summed E-state index contributed by atoms with van der Waals surface area (Å²) < 4.78 is 0. The van der Waals surface area contributed by atoms with E-state index >= 15 is 0 Å². The van der Waals surface area contributed by atoms with Crippen molar-refractivity contribution in [2.75, 3.05) is 5.32 Å². The van der Waals surface area contributed by atoms with Gasteiger partial charge in [-0.05, 0) is 31.9 Å². The lowest BCUT2D eigenvalue weighted by atomic mass is 10.1. The van der Waals surface area contributed by atoms with Gasteiger partial charge in [0.1, 0.15) is 5.82 Å². The Hall–Kier alpha value is -1.58. The summed E-state index contributed by atoms with van der Waals surface area (Å²) in [5, 5.41) is 12.4. The lowest BCUT2D eigenvalue weighted by Gasteiger charge is -2.15. The standard InChI is InChI=1S/C16H26N2O2/c1-4-6-7-8-9-12(3)17-15-11-13(16(19)20)10-14(5-2)18-15/h10-12H,4-9H2,1-3H3,(H,17,18)(H,19,20). The molecule has 0 amide bonds. The monoisotopic (exact) mass is 278 g/mol. The van der Waals surface area contributed by atoms with Gasteiger partial charge in [0.2, 0.25) is 0 Å². The van der Waals surface area contributed by atoms with Crippen molar-refractivity contribution < 1.29 is 9.90 Å². The zero-order chi connectivity index (χ0) is 15.0. The first-order valence-electron chi connectivity index (χ1n) is 7.57. The molecule has 0 aromatic carbocycles. The second-order valence-electron chi connectivity index (χ2n) is 5.29. The summed E-state index contributed by atoms with van der Waals surface area (Å²) >= 11 is 0. The number of anilines is 1. The highest BCUT2D eigenvalue weighted by atomic mass is 16.4. The number of unbranched alkanes of at least 4 members (excludes halogenated alkanes) is 3. The van der Waals surface area contributed by atoms with Crippen molar-refractivity contribution in [1.82, 2.24) is 4.98 Å². The van der Waals surface area contributed by atoms with Gasteiger partial charge in [-0.15, -0.1) is 0 Å². The van der Waals surface area contributed by atoms with Gasteiger partial charge in [0.25, 0.3) is 0 Å². The third-order valence-electron chi connectivity index (χ3n) is 3.37. The Labute approximate surface area is 121 Å². The number of rotatable bonds is 9. The number of pyridine rings is 1. The fourth-order valence-corrected chi connectivity index (χ4v) is 2.17. The van der Waals surface area contributed by atoms with Gasteiger partial charge >= 0.3 is 5.97 Å². The predicted octanol–water partition coefficient (Wildman–Crippen LogP) is 4.11. The number of carbonyl (C=O) groups is 1. The molecule has 0 radical (unpaired) electrons. The van der Waals surface area contributed by atoms with Crippen LogP contribution in [0.5, 0.6) is 0 Å². The van der Waals surface area contributed by atoms with Crippen molar-refractivity contribution >= 4 is 11.8 Å². The number of hydrogen-bond donors (Lipinski definition) is 2. The Bertz CT molecular complexity index is 432. The Kier molecular flexibility index (Phi) is 7.05. The van der Waals surface area contributed by atoms with E-state index in [1.165, 1.54) is 25.7 Å². The topological polar surface area (TPSA) is 62.2 Å². The molecule has 0 aliphatic heterocycles. The van der Waals surface area contributed by atoms with Gasteiger partial charge in [-0.1, -0.05) is 39.5 Å². The van der Waals surface area contributed by atoms with Crippen molar-refractivity contribution in [1.29, 1.82) is 0 Å². The fourth-order valence-electron chi connectivity index (χ4n) is 2.17. The van der Waals surface area contributed by atoms with E-state index in [9.17, 15) is 4.79 Å². The molecule has 0 spiro atoms. The highest BCUT2D eigenvalue weighted by Gasteiger charge is 2.09. The molecule has 112 valence electrons. The molecule has 1 rings (SSSR count). The molecule has 0 fully saturated rings. The number of aromatic nitrogens is 1. The van der Waals surface area contributed by atoms with Gasteiger partial charge in [-0.25, -0.2) is 9.78 Å². The molecule has 4 heteroatoms.